The topological polar surface area (TPSA) is 79.0 Å². The zero-order chi connectivity index (χ0) is 22.4. The third-order valence-electron chi connectivity index (χ3n) is 4.89. The average Bonchev–Trinajstić information content (AvgIpc) is 2.97. The number of urea groups is 1. The lowest BCUT2D eigenvalue weighted by molar-refractivity contribution is -0.124. The van der Waals surface area contributed by atoms with Gasteiger partial charge >= 0.3 is 6.03 Å². The lowest BCUT2D eigenvalue weighted by Crippen LogP contribution is -2.38. The molecule has 162 valence electrons. The van der Waals surface area contributed by atoms with Gasteiger partial charge in [-0.1, -0.05) is 25.1 Å². The Bertz CT molecular complexity index is 971. The van der Waals surface area contributed by atoms with Crippen molar-refractivity contribution in [3.63, 3.8) is 0 Å². The van der Waals surface area contributed by atoms with Crippen molar-refractivity contribution in [2.75, 3.05) is 23.4 Å². The van der Waals surface area contributed by atoms with Crippen LogP contribution in [0.25, 0.3) is 0 Å². The van der Waals surface area contributed by atoms with Crippen molar-refractivity contribution >= 4 is 29.2 Å². The van der Waals surface area contributed by atoms with E-state index in [0.717, 1.165) is 22.6 Å². The Morgan fingerprint density at radius 3 is 2.58 bits per heavy atom. The number of benzene rings is 2. The summed E-state index contributed by atoms with van der Waals surface area (Å²) in [5.74, 6) is -0.0492. The highest BCUT2D eigenvalue weighted by Gasteiger charge is 2.46. The van der Waals surface area contributed by atoms with Crippen LogP contribution in [-0.2, 0) is 9.59 Å². The van der Waals surface area contributed by atoms with Gasteiger partial charge in [-0.2, -0.15) is 0 Å². The maximum absolute atomic E-state index is 13.1. The van der Waals surface area contributed by atoms with Crippen LogP contribution in [0.4, 0.5) is 16.2 Å². The molecule has 0 bridgehead atoms. The second-order valence-corrected chi connectivity index (χ2v) is 7.38. The predicted molar refractivity (Wildman–Crippen MR) is 120 cm³/mol. The van der Waals surface area contributed by atoms with Crippen molar-refractivity contribution < 1.29 is 19.1 Å². The first kappa shape index (κ1) is 22.1. The Morgan fingerprint density at radius 1 is 1.19 bits per heavy atom. The van der Waals surface area contributed by atoms with Crippen LogP contribution in [0.5, 0.6) is 5.75 Å². The summed E-state index contributed by atoms with van der Waals surface area (Å²) in [6.07, 6.45) is 2.31. The lowest BCUT2D eigenvalue weighted by Gasteiger charge is -2.19. The Kier molecular flexibility index (Phi) is 7.07. The second kappa shape index (κ2) is 9.93. The van der Waals surface area contributed by atoms with Gasteiger partial charge < -0.3 is 15.0 Å². The van der Waals surface area contributed by atoms with E-state index in [9.17, 15) is 14.4 Å². The van der Waals surface area contributed by atoms with Crippen LogP contribution in [-0.4, -0.2) is 41.9 Å². The molecule has 7 heteroatoms. The summed E-state index contributed by atoms with van der Waals surface area (Å²) in [6, 6.07) is 12.8. The van der Waals surface area contributed by atoms with Gasteiger partial charge in [-0.05, 0) is 55.3 Å². The number of nitrogens with one attached hydrogen (secondary N) is 1. The van der Waals surface area contributed by atoms with Gasteiger partial charge in [0.1, 0.15) is 11.8 Å². The molecule has 1 saturated heterocycles. The molecule has 1 heterocycles. The minimum Gasteiger partial charge on any atom is -0.494 e. The zero-order valence-corrected chi connectivity index (χ0v) is 17.8. The van der Waals surface area contributed by atoms with Crippen molar-refractivity contribution in [2.45, 2.75) is 32.7 Å². The summed E-state index contributed by atoms with van der Waals surface area (Å²) >= 11 is 0. The van der Waals surface area contributed by atoms with Gasteiger partial charge in [0, 0.05) is 12.2 Å². The van der Waals surface area contributed by atoms with Gasteiger partial charge in [0.15, 0.2) is 0 Å². The Hall–Kier alpha value is -3.61. The summed E-state index contributed by atoms with van der Waals surface area (Å²) in [6.45, 7) is 8.39. The number of aryl methyl sites for hydroxylation is 1. The fourth-order valence-electron chi connectivity index (χ4n) is 3.43. The maximum atomic E-state index is 13.1. The number of nitrogens with zero attached hydrogens (tertiary/aromatic N) is 2. The number of carbonyl (C=O) groups is 3. The van der Waals surface area contributed by atoms with Crippen LogP contribution >= 0.6 is 0 Å². The van der Waals surface area contributed by atoms with E-state index in [2.05, 4.69) is 11.9 Å². The average molecular weight is 421 g/mol. The van der Waals surface area contributed by atoms with Gasteiger partial charge in [-0.15, -0.1) is 6.58 Å². The summed E-state index contributed by atoms with van der Waals surface area (Å²) < 4.78 is 5.54. The van der Waals surface area contributed by atoms with E-state index in [0.29, 0.717) is 18.0 Å². The minimum absolute atomic E-state index is 0.144. The molecule has 1 atom stereocenters. The molecule has 0 spiro atoms. The van der Waals surface area contributed by atoms with Gasteiger partial charge in [0.05, 0.1) is 18.7 Å². The number of hydrogen-bond donors (Lipinski definition) is 1. The van der Waals surface area contributed by atoms with Gasteiger partial charge in [0.2, 0.25) is 5.91 Å². The van der Waals surface area contributed by atoms with Crippen molar-refractivity contribution in [3.8, 4) is 5.75 Å². The number of hydrogen-bond acceptors (Lipinski definition) is 4. The van der Waals surface area contributed by atoms with E-state index in [1.807, 2.05) is 19.9 Å². The quantitative estimate of drug-likeness (QED) is 0.488. The molecule has 1 N–H and O–H groups in total. The van der Waals surface area contributed by atoms with Gasteiger partial charge in [-0.3, -0.25) is 9.59 Å². The Labute approximate surface area is 182 Å². The normalized spacial score (nSPS) is 15.9. The largest absolute Gasteiger partial charge is 0.494 e. The third kappa shape index (κ3) is 5.12. The summed E-state index contributed by atoms with van der Waals surface area (Å²) in [5.41, 5.74) is 2.02. The van der Waals surface area contributed by atoms with Crippen molar-refractivity contribution in [2.24, 2.45) is 0 Å². The standard InChI is InChI=1S/C24H27N3O4/c1-4-13-26-21(23(29)27(24(26)30)19-8-6-7-17(3)15-19)16-22(28)25-18-9-11-20(12-10-18)31-14-5-2/h4,6-12,15,21H,1,5,13-14,16H2,2-3H3,(H,25,28)/t21-/m0/s1. The van der Waals surface area contributed by atoms with Crippen LogP contribution in [0.2, 0.25) is 0 Å². The van der Waals surface area contributed by atoms with E-state index in [4.69, 9.17) is 4.74 Å². The number of imide groups is 1. The number of ether oxygens (including phenoxy) is 1. The van der Waals surface area contributed by atoms with E-state index in [-0.39, 0.29) is 18.9 Å². The first-order chi connectivity index (χ1) is 14.9. The number of amides is 4. The van der Waals surface area contributed by atoms with Crippen LogP contribution in [0.1, 0.15) is 25.3 Å². The minimum atomic E-state index is -0.891. The van der Waals surface area contributed by atoms with E-state index < -0.39 is 18.0 Å². The molecular weight excluding hydrogens is 394 g/mol. The smallest absolute Gasteiger partial charge is 0.332 e. The molecule has 4 amide bonds. The predicted octanol–water partition coefficient (Wildman–Crippen LogP) is 4.14. The first-order valence-corrected chi connectivity index (χ1v) is 10.3. The highest BCUT2D eigenvalue weighted by atomic mass is 16.5. The third-order valence-corrected chi connectivity index (χ3v) is 4.89. The van der Waals surface area contributed by atoms with Crippen molar-refractivity contribution in [3.05, 3.63) is 66.7 Å². The molecule has 1 fully saturated rings. The molecule has 0 unspecified atom stereocenters. The number of rotatable bonds is 9. The first-order valence-electron chi connectivity index (χ1n) is 10.3. The van der Waals surface area contributed by atoms with Gasteiger partial charge in [0.25, 0.3) is 5.91 Å². The molecule has 1 aliphatic rings. The molecule has 7 nitrogen and oxygen atoms in total. The molecule has 0 aromatic heterocycles. The number of anilines is 2. The van der Waals surface area contributed by atoms with Gasteiger partial charge in [-0.25, -0.2) is 9.69 Å². The Balaban J connectivity index is 1.72. The SMILES string of the molecule is C=CCN1C(=O)N(c2cccc(C)c2)C(=O)[C@@H]1CC(=O)Nc1ccc(OCCC)cc1. The van der Waals surface area contributed by atoms with E-state index in [1.165, 1.54) is 4.90 Å². The summed E-state index contributed by atoms with van der Waals surface area (Å²) in [5, 5.41) is 2.78. The van der Waals surface area contributed by atoms with Crippen molar-refractivity contribution in [1.29, 1.82) is 0 Å². The fourth-order valence-corrected chi connectivity index (χ4v) is 3.43. The molecule has 2 aromatic carbocycles. The maximum Gasteiger partial charge on any atom is 0.332 e. The molecule has 1 aliphatic heterocycles. The van der Waals surface area contributed by atoms with Crippen LogP contribution < -0.4 is 15.0 Å². The molecule has 2 aromatic rings. The number of carbonyl (C=O) groups excluding carboxylic acids is 3. The van der Waals surface area contributed by atoms with Crippen LogP contribution in [0, 0.1) is 6.92 Å². The highest BCUT2D eigenvalue weighted by molar-refractivity contribution is 6.22. The monoisotopic (exact) mass is 421 g/mol. The summed E-state index contributed by atoms with van der Waals surface area (Å²) in [4.78, 5) is 41.2. The second-order valence-electron chi connectivity index (χ2n) is 7.38. The molecule has 0 saturated carbocycles. The molecule has 3 rings (SSSR count). The molecular formula is C24H27N3O4. The zero-order valence-electron chi connectivity index (χ0n) is 17.8. The molecule has 0 aliphatic carbocycles. The van der Waals surface area contributed by atoms with Crippen LogP contribution in [0.15, 0.2) is 61.2 Å². The summed E-state index contributed by atoms with van der Waals surface area (Å²) in [7, 11) is 0. The lowest BCUT2D eigenvalue weighted by atomic mass is 10.1. The van der Waals surface area contributed by atoms with E-state index >= 15 is 0 Å². The van der Waals surface area contributed by atoms with Crippen molar-refractivity contribution in [1.82, 2.24) is 4.90 Å². The Morgan fingerprint density at radius 2 is 1.94 bits per heavy atom. The highest BCUT2D eigenvalue weighted by Crippen LogP contribution is 2.28. The van der Waals surface area contributed by atoms with E-state index in [1.54, 1.807) is 48.5 Å². The molecule has 31 heavy (non-hydrogen) atoms. The van der Waals surface area contributed by atoms with Crippen LogP contribution in [0.3, 0.4) is 0 Å². The fraction of sp³-hybridized carbons (Fsp3) is 0.292. The molecule has 0 radical (unpaired) electrons.